The number of hydrogen-bond acceptors (Lipinski definition) is 10. The lowest BCUT2D eigenvalue weighted by atomic mass is 10.0. The molecular weight excluding hydrogens is 426 g/mol. The summed E-state index contributed by atoms with van der Waals surface area (Å²) in [6.07, 6.45) is 0. The molecule has 0 saturated carbocycles. The summed E-state index contributed by atoms with van der Waals surface area (Å²) in [5.74, 6) is -1.99. The van der Waals surface area contributed by atoms with Crippen molar-refractivity contribution < 1.29 is 24.3 Å². The summed E-state index contributed by atoms with van der Waals surface area (Å²) in [4.78, 5) is 47.2. The Balaban J connectivity index is 1.79. The molecule has 0 radical (unpaired) electrons. The average molecular weight is 442 g/mol. The predicted molar refractivity (Wildman–Crippen MR) is 108 cm³/mol. The van der Waals surface area contributed by atoms with E-state index in [-0.39, 0.29) is 22.2 Å². The van der Waals surface area contributed by atoms with Crippen LogP contribution in [0.15, 0.2) is 33.1 Å². The minimum atomic E-state index is -1.20. The smallest absolute Gasteiger partial charge is 0.353 e. The molecule has 3 rings (SSSR count). The Bertz CT molecular complexity index is 912. The number of oxime groups is 1. The third-order valence-corrected chi connectivity index (χ3v) is 6.74. The maximum atomic E-state index is 12.6. The molecular formula is C15H15N5O5S3. The number of carbonyl (C=O) groups is 3. The van der Waals surface area contributed by atoms with E-state index in [0.29, 0.717) is 10.7 Å². The SMILES string of the molecule is C=CSC1=C(C(=O)O)N2C(=O)C(NC(=O)/C(=N/OC)c3csc(N)n3)C2SC1. The molecule has 28 heavy (non-hydrogen) atoms. The van der Waals surface area contributed by atoms with E-state index in [4.69, 9.17) is 10.6 Å². The van der Waals surface area contributed by atoms with Crippen LogP contribution in [0.1, 0.15) is 5.69 Å². The molecule has 2 amide bonds. The van der Waals surface area contributed by atoms with Crippen molar-refractivity contribution in [3.8, 4) is 0 Å². The molecule has 2 aliphatic heterocycles. The molecule has 2 atom stereocenters. The normalized spacial score (nSPS) is 21.7. The second-order valence-corrected chi connectivity index (χ2v) is 8.47. The number of carboxylic acids is 1. The van der Waals surface area contributed by atoms with Gasteiger partial charge in [-0.2, -0.15) is 0 Å². The number of nitrogens with zero attached hydrogens (tertiary/aromatic N) is 3. The second-order valence-electron chi connectivity index (χ2n) is 5.42. The van der Waals surface area contributed by atoms with Crippen molar-refractivity contribution in [1.29, 1.82) is 0 Å². The zero-order chi connectivity index (χ0) is 20.4. The Hall–Kier alpha value is -2.51. The fourth-order valence-electron chi connectivity index (χ4n) is 2.68. The third kappa shape index (κ3) is 3.59. The first-order valence-electron chi connectivity index (χ1n) is 7.71. The highest BCUT2D eigenvalue weighted by Gasteiger charge is 2.54. The topological polar surface area (TPSA) is 147 Å². The predicted octanol–water partition coefficient (Wildman–Crippen LogP) is 0.649. The third-order valence-electron chi connectivity index (χ3n) is 3.81. The van der Waals surface area contributed by atoms with Gasteiger partial charge in [0, 0.05) is 16.0 Å². The molecule has 2 aliphatic rings. The summed E-state index contributed by atoms with van der Waals surface area (Å²) in [6, 6.07) is -0.889. The molecule has 1 aromatic heterocycles. The van der Waals surface area contributed by atoms with Crippen molar-refractivity contribution in [3.05, 3.63) is 33.7 Å². The molecule has 10 nitrogen and oxygen atoms in total. The number of nitrogens with two attached hydrogens (primary N) is 1. The van der Waals surface area contributed by atoms with Crippen LogP contribution in [-0.4, -0.2) is 62.8 Å². The lowest BCUT2D eigenvalue weighted by molar-refractivity contribution is -0.150. The number of nitrogen functional groups attached to an aromatic ring is 1. The van der Waals surface area contributed by atoms with Gasteiger partial charge in [0.1, 0.15) is 29.9 Å². The van der Waals surface area contributed by atoms with Crippen LogP contribution >= 0.6 is 34.9 Å². The van der Waals surface area contributed by atoms with Crippen LogP contribution in [0.2, 0.25) is 0 Å². The zero-order valence-electron chi connectivity index (χ0n) is 14.4. The highest BCUT2D eigenvalue weighted by Crippen LogP contribution is 2.43. The van der Waals surface area contributed by atoms with Crippen molar-refractivity contribution in [2.24, 2.45) is 5.16 Å². The molecule has 0 spiro atoms. The second kappa shape index (κ2) is 8.24. The number of rotatable bonds is 7. The standard InChI is InChI=1S/C15H15N5O5S3/c1-3-26-7-5-27-13-9(12(22)20(13)10(7)14(23)24)18-11(21)8(19-25-2)6-4-28-15(16)17-6/h3-4,9,13H,1,5H2,2H3,(H2,16,17)(H,18,21)(H,23,24)/b19-8+. The van der Waals surface area contributed by atoms with Crippen LogP contribution in [0.5, 0.6) is 0 Å². The summed E-state index contributed by atoms with van der Waals surface area (Å²) in [6.45, 7) is 3.58. The Morgan fingerprint density at radius 2 is 2.36 bits per heavy atom. The minimum absolute atomic E-state index is 0.0813. The average Bonchev–Trinajstić information content (AvgIpc) is 3.09. The summed E-state index contributed by atoms with van der Waals surface area (Å²) < 4.78 is 0. The molecule has 4 N–H and O–H groups in total. The molecule has 1 aromatic rings. The molecule has 2 unspecified atom stereocenters. The number of thioether (sulfide) groups is 2. The summed E-state index contributed by atoms with van der Waals surface area (Å²) in [5, 5.41) is 18.5. The number of carboxylic acid groups (broad SMARTS) is 1. The monoisotopic (exact) mass is 441 g/mol. The number of carbonyl (C=O) groups excluding carboxylic acids is 2. The molecule has 0 bridgehead atoms. The fourth-order valence-corrected chi connectivity index (χ4v) is 5.40. The first kappa shape index (κ1) is 20.2. The minimum Gasteiger partial charge on any atom is -0.477 e. The van der Waals surface area contributed by atoms with Crippen molar-refractivity contribution in [3.63, 3.8) is 0 Å². The van der Waals surface area contributed by atoms with Gasteiger partial charge in [-0.1, -0.05) is 23.5 Å². The van der Waals surface area contributed by atoms with Crippen LogP contribution in [0.25, 0.3) is 0 Å². The van der Waals surface area contributed by atoms with Gasteiger partial charge in [0.15, 0.2) is 10.8 Å². The molecule has 148 valence electrons. The largest absolute Gasteiger partial charge is 0.477 e. The Morgan fingerprint density at radius 1 is 1.61 bits per heavy atom. The maximum Gasteiger partial charge on any atom is 0.353 e. The number of aromatic nitrogens is 1. The van der Waals surface area contributed by atoms with Crippen molar-refractivity contribution >= 4 is 63.5 Å². The van der Waals surface area contributed by atoms with Gasteiger partial charge in [0.2, 0.25) is 0 Å². The Labute approximate surface area is 171 Å². The highest BCUT2D eigenvalue weighted by atomic mass is 32.2. The summed E-state index contributed by atoms with van der Waals surface area (Å²) in [7, 11) is 1.28. The van der Waals surface area contributed by atoms with Crippen LogP contribution in [0.3, 0.4) is 0 Å². The van der Waals surface area contributed by atoms with Gasteiger partial charge in [-0.15, -0.1) is 23.1 Å². The van der Waals surface area contributed by atoms with Crippen LogP contribution < -0.4 is 11.1 Å². The van der Waals surface area contributed by atoms with Crippen LogP contribution in [-0.2, 0) is 19.2 Å². The van der Waals surface area contributed by atoms with E-state index in [1.807, 2.05) is 0 Å². The number of nitrogens with one attached hydrogen (secondary N) is 1. The number of amides is 2. The zero-order valence-corrected chi connectivity index (χ0v) is 16.9. The number of aliphatic carboxylic acids is 1. The van der Waals surface area contributed by atoms with Crippen LogP contribution in [0, 0.1) is 0 Å². The Kier molecular flexibility index (Phi) is 5.96. The summed E-state index contributed by atoms with van der Waals surface area (Å²) in [5.41, 5.74) is 5.60. The first-order valence-corrected chi connectivity index (χ1v) is 10.5. The quantitative estimate of drug-likeness (QED) is 0.315. The van der Waals surface area contributed by atoms with Gasteiger partial charge >= 0.3 is 5.97 Å². The lowest BCUT2D eigenvalue weighted by Crippen LogP contribution is -2.71. The molecule has 13 heteroatoms. The molecule has 3 heterocycles. The number of thiazole rings is 1. The van der Waals surface area contributed by atoms with E-state index in [9.17, 15) is 19.5 Å². The molecule has 1 saturated heterocycles. The number of anilines is 1. The first-order chi connectivity index (χ1) is 13.4. The van der Waals surface area contributed by atoms with Gasteiger partial charge in [-0.05, 0) is 5.41 Å². The van der Waals surface area contributed by atoms with Crippen LogP contribution in [0.4, 0.5) is 5.13 Å². The molecule has 1 fully saturated rings. The van der Waals surface area contributed by atoms with Gasteiger partial charge in [0.05, 0.1) is 0 Å². The lowest BCUT2D eigenvalue weighted by Gasteiger charge is -2.49. The number of fused-ring (bicyclic) bond motifs is 1. The highest BCUT2D eigenvalue weighted by molar-refractivity contribution is 8.08. The molecule has 0 aromatic carbocycles. The Morgan fingerprint density at radius 3 is 2.93 bits per heavy atom. The fraction of sp³-hybridized carbons (Fsp3) is 0.267. The van der Waals surface area contributed by atoms with E-state index < -0.39 is 29.2 Å². The van der Waals surface area contributed by atoms with Gasteiger partial charge in [0.25, 0.3) is 11.8 Å². The van der Waals surface area contributed by atoms with E-state index >= 15 is 0 Å². The van der Waals surface area contributed by atoms with E-state index in [0.717, 1.165) is 23.1 Å². The maximum absolute atomic E-state index is 12.6. The molecule has 0 aliphatic carbocycles. The number of β-lactam (4-membered cyclic amide) rings is 1. The summed E-state index contributed by atoms with van der Waals surface area (Å²) >= 11 is 3.65. The van der Waals surface area contributed by atoms with E-state index in [1.165, 1.54) is 29.2 Å². The number of hydrogen-bond donors (Lipinski definition) is 3. The van der Waals surface area contributed by atoms with Crippen molar-refractivity contribution in [1.82, 2.24) is 15.2 Å². The van der Waals surface area contributed by atoms with Crippen molar-refractivity contribution in [2.45, 2.75) is 11.4 Å². The van der Waals surface area contributed by atoms with E-state index in [1.54, 1.807) is 5.38 Å². The van der Waals surface area contributed by atoms with Crippen molar-refractivity contribution in [2.75, 3.05) is 18.6 Å². The van der Waals surface area contributed by atoms with Gasteiger partial charge in [-0.3, -0.25) is 14.5 Å². The van der Waals surface area contributed by atoms with Gasteiger partial charge in [-0.25, -0.2) is 9.78 Å². The van der Waals surface area contributed by atoms with E-state index in [2.05, 4.69) is 22.0 Å². The van der Waals surface area contributed by atoms with Gasteiger partial charge < -0.3 is 21.0 Å².